The molecule has 0 aliphatic rings. The highest BCUT2D eigenvalue weighted by Crippen LogP contribution is 1.96. The Hall–Kier alpha value is -0.700. The van der Waals surface area contributed by atoms with Crippen molar-refractivity contribution in [1.29, 1.82) is 0 Å². The first-order valence-corrected chi connectivity index (χ1v) is 6.37. The minimum absolute atomic E-state index is 0.156. The number of hydrogen-bond donors (Lipinski definition) is 3. The maximum atomic E-state index is 11.3. The summed E-state index contributed by atoms with van der Waals surface area (Å²) in [6.45, 7) is 2.87. The van der Waals surface area contributed by atoms with Gasteiger partial charge >= 0.3 is 5.97 Å². The molecule has 0 aliphatic heterocycles. The molecule has 0 radical (unpaired) electrons. The summed E-state index contributed by atoms with van der Waals surface area (Å²) in [5.74, 6) is -1.36. The second-order valence-corrected chi connectivity index (χ2v) is 5.25. The van der Waals surface area contributed by atoms with Gasteiger partial charge in [-0.05, 0) is 6.92 Å². The summed E-state index contributed by atoms with van der Waals surface area (Å²) >= 11 is 0. The molecule has 0 saturated heterocycles. The van der Waals surface area contributed by atoms with Crippen molar-refractivity contribution in [3.05, 3.63) is 0 Å². The Labute approximate surface area is 95.2 Å². The van der Waals surface area contributed by atoms with Crippen molar-refractivity contribution in [3.8, 4) is 0 Å². The van der Waals surface area contributed by atoms with Crippen molar-refractivity contribution in [3.63, 3.8) is 0 Å². The van der Waals surface area contributed by atoms with Crippen LogP contribution in [0.2, 0.25) is 0 Å². The van der Waals surface area contributed by atoms with Crippen LogP contribution >= 0.6 is 0 Å². The lowest BCUT2D eigenvalue weighted by Gasteiger charge is -2.10. The van der Waals surface area contributed by atoms with Crippen LogP contribution in [0.4, 0.5) is 0 Å². The third kappa shape index (κ3) is 6.01. The maximum absolute atomic E-state index is 11.3. The second kappa shape index (κ2) is 7.55. The van der Waals surface area contributed by atoms with E-state index in [9.17, 15) is 13.2 Å². The molecule has 1 unspecified atom stereocenters. The van der Waals surface area contributed by atoms with Crippen LogP contribution in [0.15, 0.2) is 0 Å². The van der Waals surface area contributed by atoms with Gasteiger partial charge in [0.25, 0.3) is 0 Å². The number of carboxylic acids is 1. The van der Waals surface area contributed by atoms with Crippen molar-refractivity contribution in [2.75, 3.05) is 33.4 Å². The molecule has 0 bridgehead atoms. The van der Waals surface area contributed by atoms with E-state index in [2.05, 4.69) is 10.0 Å². The van der Waals surface area contributed by atoms with Crippen LogP contribution in [0.5, 0.6) is 0 Å². The molecule has 0 rings (SSSR count). The molecular formula is C8H18N2O5S. The Morgan fingerprint density at radius 3 is 2.50 bits per heavy atom. The van der Waals surface area contributed by atoms with Crippen LogP contribution in [0.1, 0.15) is 6.92 Å². The zero-order chi connectivity index (χ0) is 12.6. The summed E-state index contributed by atoms with van der Waals surface area (Å²) in [6, 6.07) is 0. The fourth-order valence-corrected chi connectivity index (χ4v) is 1.74. The summed E-state index contributed by atoms with van der Waals surface area (Å²) < 4.78 is 29.6. The molecule has 0 spiro atoms. The number of methoxy groups -OCH3 is 1. The second-order valence-electron chi connectivity index (χ2n) is 3.16. The van der Waals surface area contributed by atoms with Crippen LogP contribution in [0.3, 0.4) is 0 Å². The van der Waals surface area contributed by atoms with Crippen LogP contribution in [0.25, 0.3) is 0 Å². The van der Waals surface area contributed by atoms with Crippen molar-refractivity contribution in [1.82, 2.24) is 10.0 Å². The molecule has 0 aromatic rings. The number of hydrogen-bond acceptors (Lipinski definition) is 5. The molecule has 16 heavy (non-hydrogen) atoms. The van der Waals surface area contributed by atoms with Gasteiger partial charge in [-0.1, -0.05) is 0 Å². The molecule has 7 nitrogen and oxygen atoms in total. The number of carboxylic acid groups (broad SMARTS) is 1. The van der Waals surface area contributed by atoms with Crippen molar-refractivity contribution >= 4 is 16.0 Å². The third-order valence-corrected chi connectivity index (χ3v) is 3.64. The molecule has 1 atom stereocenters. The SMILES string of the molecule is COCCNCCNS(=O)(=O)C(C)C(=O)O. The van der Waals surface area contributed by atoms with E-state index in [1.54, 1.807) is 7.11 Å². The molecule has 0 fully saturated rings. The molecule has 0 saturated carbocycles. The highest BCUT2D eigenvalue weighted by molar-refractivity contribution is 7.90. The lowest BCUT2D eigenvalue weighted by atomic mass is 10.5. The van der Waals surface area contributed by atoms with E-state index in [4.69, 9.17) is 9.84 Å². The predicted molar refractivity (Wildman–Crippen MR) is 58.8 cm³/mol. The highest BCUT2D eigenvalue weighted by Gasteiger charge is 2.26. The van der Waals surface area contributed by atoms with Gasteiger partial charge in [-0.25, -0.2) is 13.1 Å². The topological polar surface area (TPSA) is 105 Å². The van der Waals surface area contributed by atoms with E-state index >= 15 is 0 Å². The van der Waals surface area contributed by atoms with Crippen LogP contribution in [-0.2, 0) is 19.6 Å². The number of aliphatic carboxylic acids is 1. The highest BCUT2D eigenvalue weighted by atomic mass is 32.2. The van der Waals surface area contributed by atoms with Gasteiger partial charge in [-0.2, -0.15) is 0 Å². The van der Waals surface area contributed by atoms with Gasteiger partial charge in [-0.3, -0.25) is 4.79 Å². The van der Waals surface area contributed by atoms with Crippen molar-refractivity contribution in [2.45, 2.75) is 12.2 Å². The van der Waals surface area contributed by atoms with Gasteiger partial charge in [0, 0.05) is 26.7 Å². The first-order chi connectivity index (χ1) is 7.41. The van der Waals surface area contributed by atoms with Crippen molar-refractivity contribution in [2.24, 2.45) is 0 Å². The normalized spacial score (nSPS) is 13.6. The Kier molecular flexibility index (Phi) is 7.22. The number of carbonyl (C=O) groups is 1. The monoisotopic (exact) mass is 254 g/mol. The summed E-state index contributed by atoms with van der Waals surface area (Å²) in [5.41, 5.74) is 0. The van der Waals surface area contributed by atoms with Gasteiger partial charge in [0.15, 0.2) is 5.25 Å². The fourth-order valence-electron chi connectivity index (χ4n) is 0.839. The number of nitrogens with one attached hydrogen (secondary N) is 2. The van der Waals surface area contributed by atoms with E-state index in [1.807, 2.05) is 0 Å². The largest absolute Gasteiger partial charge is 0.480 e. The minimum Gasteiger partial charge on any atom is -0.480 e. The Morgan fingerprint density at radius 2 is 2.00 bits per heavy atom. The summed E-state index contributed by atoms with van der Waals surface area (Å²) in [6.07, 6.45) is 0. The number of sulfonamides is 1. The van der Waals surface area contributed by atoms with Gasteiger partial charge in [0.2, 0.25) is 10.0 Å². The maximum Gasteiger partial charge on any atom is 0.323 e. The molecule has 0 heterocycles. The standard InChI is InChI=1S/C8H18N2O5S/c1-7(8(11)12)16(13,14)10-4-3-9-5-6-15-2/h7,9-10H,3-6H2,1-2H3,(H,11,12). The smallest absolute Gasteiger partial charge is 0.323 e. The fraction of sp³-hybridized carbons (Fsp3) is 0.875. The molecule has 96 valence electrons. The van der Waals surface area contributed by atoms with Gasteiger partial charge < -0.3 is 15.2 Å². The third-order valence-electron chi connectivity index (χ3n) is 1.90. The van der Waals surface area contributed by atoms with Crippen LogP contribution in [-0.4, -0.2) is 58.1 Å². The summed E-state index contributed by atoms with van der Waals surface area (Å²) in [7, 11) is -2.20. The average Bonchev–Trinajstić information content (AvgIpc) is 2.22. The molecule has 3 N–H and O–H groups in total. The first-order valence-electron chi connectivity index (χ1n) is 4.82. The number of rotatable bonds is 9. The van der Waals surface area contributed by atoms with Gasteiger partial charge in [-0.15, -0.1) is 0 Å². The van der Waals surface area contributed by atoms with Crippen LogP contribution in [0, 0.1) is 0 Å². The lowest BCUT2D eigenvalue weighted by molar-refractivity contribution is -0.136. The molecule has 0 aromatic carbocycles. The lowest BCUT2D eigenvalue weighted by Crippen LogP contribution is -2.40. The molecule has 0 amide bonds. The Morgan fingerprint density at radius 1 is 1.38 bits per heavy atom. The quantitative estimate of drug-likeness (QED) is 0.438. The Balaban J connectivity index is 3.79. The average molecular weight is 254 g/mol. The predicted octanol–water partition coefficient (Wildman–Crippen LogP) is -1.39. The minimum atomic E-state index is -3.77. The van der Waals surface area contributed by atoms with E-state index in [0.717, 1.165) is 6.92 Å². The molecule has 0 aliphatic carbocycles. The zero-order valence-corrected chi connectivity index (χ0v) is 10.2. The van der Waals surface area contributed by atoms with Crippen LogP contribution < -0.4 is 10.0 Å². The first kappa shape index (κ1) is 15.3. The summed E-state index contributed by atoms with van der Waals surface area (Å²) in [4.78, 5) is 10.5. The van der Waals surface area contributed by atoms with E-state index < -0.39 is 21.2 Å². The van der Waals surface area contributed by atoms with E-state index in [-0.39, 0.29) is 6.54 Å². The molecule has 0 aromatic heterocycles. The zero-order valence-electron chi connectivity index (χ0n) is 9.39. The molecular weight excluding hydrogens is 236 g/mol. The van der Waals surface area contributed by atoms with Crippen molar-refractivity contribution < 1.29 is 23.1 Å². The van der Waals surface area contributed by atoms with Gasteiger partial charge in [0.1, 0.15) is 0 Å². The Bertz CT molecular complexity index is 304. The van der Waals surface area contributed by atoms with E-state index in [1.165, 1.54) is 0 Å². The van der Waals surface area contributed by atoms with Gasteiger partial charge in [0.05, 0.1) is 6.61 Å². The number of ether oxygens (including phenoxy) is 1. The van der Waals surface area contributed by atoms with E-state index in [0.29, 0.717) is 19.7 Å². The molecule has 8 heteroatoms. The summed E-state index contributed by atoms with van der Waals surface area (Å²) in [5, 5.41) is 10.0.